The normalized spacial score (nSPS) is 14.1. The van der Waals surface area contributed by atoms with Crippen molar-refractivity contribution in [1.29, 1.82) is 0 Å². The Morgan fingerprint density at radius 1 is 0.389 bits per heavy atom. The van der Waals surface area contributed by atoms with E-state index in [1.807, 2.05) is 0 Å². The minimum Gasteiger partial charge on any atom is -0.310 e. The fourth-order valence-corrected chi connectivity index (χ4v) is 9.16. The molecule has 1 saturated carbocycles. The van der Waals surface area contributed by atoms with Crippen molar-refractivity contribution in [3.8, 4) is 16.8 Å². The van der Waals surface area contributed by atoms with Gasteiger partial charge in [0.05, 0.1) is 11.0 Å². The zero-order chi connectivity index (χ0) is 35.9. The van der Waals surface area contributed by atoms with Gasteiger partial charge in [0.25, 0.3) is 0 Å². The van der Waals surface area contributed by atoms with E-state index < -0.39 is 0 Å². The number of hydrogen-bond acceptors (Lipinski definition) is 1. The number of anilines is 3. The van der Waals surface area contributed by atoms with Crippen LogP contribution in [0, 0.1) is 0 Å². The third-order valence-corrected chi connectivity index (χ3v) is 11.8. The summed E-state index contributed by atoms with van der Waals surface area (Å²) >= 11 is 0. The molecule has 0 spiro atoms. The highest BCUT2D eigenvalue weighted by atomic mass is 15.1. The molecule has 1 aliphatic rings. The quantitative estimate of drug-likeness (QED) is 0.161. The van der Waals surface area contributed by atoms with Crippen LogP contribution >= 0.6 is 0 Å². The highest BCUT2D eigenvalue weighted by molar-refractivity contribution is 6.10. The summed E-state index contributed by atoms with van der Waals surface area (Å²) in [6.45, 7) is 0. The van der Waals surface area contributed by atoms with Crippen molar-refractivity contribution in [3.63, 3.8) is 0 Å². The minimum atomic E-state index is 0.0702. The molecule has 8 aromatic carbocycles. The highest BCUT2D eigenvalue weighted by Gasteiger charge is 2.35. The van der Waals surface area contributed by atoms with Gasteiger partial charge in [-0.25, -0.2) is 0 Å². The number of benzene rings is 8. The first-order valence-electron chi connectivity index (χ1n) is 19.4. The maximum absolute atomic E-state index is 2.41. The summed E-state index contributed by atoms with van der Waals surface area (Å²) in [7, 11) is 0. The van der Waals surface area contributed by atoms with Crippen LogP contribution in [0.4, 0.5) is 17.1 Å². The topological polar surface area (TPSA) is 8.17 Å². The second-order valence-corrected chi connectivity index (χ2v) is 14.9. The van der Waals surface area contributed by atoms with Gasteiger partial charge in [0.1, 0.15) is 0 Å². The predicted molar refractivity (Wildman–Crippen MR) is 229 cm³/mol. The molecule has 1 fully saturated rings. The van der Waals surface area contributed by atoms with Crippen LogP contribution in [0.2, 0.25) is 0 Å². The van der Waals surface area contributed by atoms with E-state index in [1.54, 1.807) is 0 Å². The number of rotatable bonds is 7. The van der Waals surface area contributed by atoms with E-state index in [1.165, 1.54) is 92.6 Å². The minimum absolute atomic E-state index is 0.0702. The fraction of sp³-hybridized carbons (Fsp3) is 0.115. The molecule has 0 unspecified atom stereocenters. The standard InChI is InChI=1S/C52H42N2/c1-4-16-42(17-5-1)52(34-12-3-13-35-52)43-26-31-46(32-27-43)53(47-30-24-38-14-8-9-15-40(38)36-47)45-28-22-39(23-29-45)41-25-33-49-48-20-10-11-21-50(48)54(51(49)37-41)44-18-6-2-7-19-44/h1-2,4-11,14-33,36-37H,3,12-13,34-35H2. The van der Waals surface area contributed by atoms with E-state index in [-0.39, 0.29) is 5.41 Å². The zero-order valence-electron chi connectivity index (χ0n) is 30.4. The molecule has 2 nitrogen and oxygen atoms in total. The van der Waals surface area contributed by atoms with Gasteiger partial charge in [0.15, 0.2) is 0 Å². The summed E-state index contributed by atoms with van der Waals surface area (Å²) in [5.41, 5.74) is 12.4. The van der Waals surface area contributed by atoms with Crippen molar-refractivity contribution in [3.05, 3.63) is 205 Å². The van der Waals surface area contributed by atoms with Crippen LogP contribution in [0.5, 0.6) is 0 Å². The number of nitrogens with zero attached hydrogens (tertiary/aromatic N) is 2. The first kappa shape index (κ1) is 32.3. The second kappa shape index (κ2) is 13.5. The van der Waals surface area contributed by atoms with Crippen molar-refractivity contribution >= 4 is 49.6 Å². The van der Waals surface area contributed by atoms with Crippen molar-refractivity contribution in [2.24, 2.45) is 0 Å². The van der Waals surface area contributed by atoms with E-state index in [4.69, 9.17) is 0 Å². The lowest BCUT2D eigenvalue weighted by molar-refractivity contribution is 0.346. The molecule has 1 aliphatic carbocycles. The van der Waals surface area contributed by atoms with E-state index in [2.05, 4.69) is 204 Å². The lowest BCUT2D eigenvalue weighted by Gasteiger charge is -2.39. The fourth-order valence-electron chi connectivity index (χ4n) is 9.16. The summed E-state index contributed by atoms with van der Waals surface area (Å²) in [5, 5.41) is 5.02. The molecule has 54 heavy (non-hydrogen) atoms. The average Bonchev–Trinajstić information content (AvgIpc) is 3.59. The van der Waals surface area contributed by atoms with E-state index in [0.717, 1.165) is 17.1 Å². The van der Waals surface area contributed by atoms with Crippen LogP contribution in [-0.2, 0) is 5.41 Å². The van der Waals surface area contributed by atoms with Crippen LogP contribution in [0.3, 0.4) is 0 Å². The zero-order valence-corrected chi connectivity index (χ0v) is 30.4. The molecule has 0 amide bonds. The van der Waals surface area contributed by atoms with Gasteiger partial charge in [0, 0.05) is 38.9 Å². The molecule has 0 saturated heterocycles. The molecule has 0 atom stereocenters. The smallest absolute Gasteiger partial charge is 0.0547 e. The molecule has 0 N–H and O–H groups in total. The molecular weight excluding hydrogens is 653 g/mol. The number of fused-ring (bicyclic) bond motifs is 4. The van der Waals surface area contributed by atoms with Gasteiger partial charge in [0.2, 0.25) is 0 Å². The summed E-state index contributed by atoms with van der Waals surface area (Å²) in [6, 6.07) is 71.6. The van der Waals surface area contributed by atoms with Crippen LogP contribution in [0.1, 0.15) is 43.2 Å². The lowest BCUT2D eigenvalue weighted by atomic mass is 9.65. The Kier molecular flexibility index (Phi) is 8.10. The van der Waals surface area contributed by atoms with Gasteiger partial charge in [-0.15, -0.1) is 0 Å². The largest absolute Gasteiger partial charge is 0.310 e. The Bertz CT molecular complexity index is 2720. The third-order valence-electron chi connectivity index (χ3n) is 11.8. The molecule has 1 heterocycles. The first-order valence-corrected chi connectivity index (χ1v) is 19.4. The molecule has 0 radical (unpaired) electrons. The molecular formula is C52H42N2. The van der Waals surface area contributed by atoms with Crippen LogP contribution < -0.4 is 4.90 Å². The molecule has 0 aliphatic heterocycles. The van der Waals surface area contributed by atoms with E-state index >= 15 is 0 Å². The number of para-hydroxylation sites is 2. The Morgan fingerprint density at radius 3 is 1.72 bits per heavy atom. The maximum atomic E-state index is 2.41. The second-order valence-electron chi connectivity index (χ2n) is 14.9. The average molecular weight is 695 g/mol. The Labute approximate surface area is 317 Å². The molecule has 9 aromatic rings. The molecule has 1 aromatic heterocycles. The van der Waals surface area contributed by atoms with Crippen LogP contribution in [0.15, 0.2) is 194 Å². The van der Waals surface area contributed by atoms with Crippen LogP contribution in [0.25, 0.3) is 49.4 Å². The summed E-state index contributed by atoms with van der Waals surface area (Å²) in [4.78, 5) is 2.41. The number of hydrogen-bond donors (Lipinski definition) is 0. The Morgan fingerprint density at radius 2 is 0.963 bits per heavy atom. The predicted octanol–water partition coefficient (Wildman–Crippen LogP) is 14.3. The first-order chi connectivity index (χ1) is 26.7. The van der Waals surface area contributed by atoms with Gasteiger partial charge in [-0.3, -0.25) is 0 Å². The van der Waals surface area contributed by atoms with Gasteiger partial charge in [-0.2, -0.15) is 0 Å². The van der Waals surface area contributed by atoms with Crippen molar-refractivity contribution < 1.29 is 0 Å². The van der Waals surface area contributed by atoms with Crippen molar-refractivity contribution in [2.75, 3.05) is 4.90 Å². The van der Waals surface area contributed by atoms with Gasteiger partial charge in [-0.1, -0.05) is 153 Å². The van der Waals surface area contributed by atoms with E-state index in [9.17, 15) is 0 Å². The van der Waals surface area contributed by atoms with Gasteiger partial charge >= 0.3 is 0 Å². The third kappa shape index (κ3) is 5.58. The molecule has 260 valence electrons. The Hall–Kier alpha value is -6.38. The summed E-state index contributed by atoms with van der Waals surface area (Å²) in [6.07, 6.45) is 6.26. The Balaban J connectivity index is 1.06. The van der Waals surface area contributed by atoms with Gasteiger partial charge < -0.3 is 9.47 Å². The van der Waals surface area contributed by atoms with Gasteiger partial charge in [-0.05, 0) is 107 Å². The molecule has 10 rings (SSSR count). The molecule has 0 bridgehead atoms. The SMILES string of the molecule is c1ccc(-n2c3ccccc3c3ccc(-c4ccc(N(c5ccc(C6(c7ccccc7)CCCCC6)cc5)c5ccc6ccccc6c5)cc4)cc32)cc1. The summed E-state index contributed by atoms with van der Waals surface area (Å²) < 4.78 is 2.39. The van der Waals surface area contributed by atoms with E-state index in [0.29, 0.717) is 0 Å². The maximum Gasteiger partial charge on any atom is 0.0547 e. The lowest BCUT2D eigenvalue weighted by Crippen LogP contribution is -2.30. The molecule has 2 heteroatoms. The monoisotopic (exact) mass is 694 g/mol. The van der Waals surface area contributed by atoms with Crippen molar-refractivity contribution in [1.82, 2.24) is 4.57 Å². The van der Waals surface area contributed by atoms with Crippen molar-refractivity contribution in [2.45, 2.75) is 37.5 Å². The number of aromatic nitrogens is 1. The van der Waals surface area contributed by atoms with Crippen LogP contribution in [-0.4, -0.2) is 4.57 Å². The highest BCUT2D eigenvalue weighted by Crippen LogP contribution is 2.46. The summed E-state index contributed by atoms with van der Waals surface area (Å²) in [5.74, 6) is 0.